The Balaban J connectivity index is 1.26. The van der Waals surface area contributed by atoms with Crippen molar-refractivity contribution >= 4 is 35.1 Å². The van der Waals surface area contributed by atoms with Gasteiger partial charge in [-0.25, -0.2) is 4.79 Å². The molecule has 2 saturated heterocycles. The standard InChI is InChI=1S/C26H31ClN4O3/c1-19-9-10-22(17-23(19)27)28-26(34)30-14-12-29(13-15-30)25(33)21-8-5-11-31(18-21)24(32)16-20-6-3-2-4-7-20/h2-4,6-7,9-10,17,21H,5,8,11-16,18H2,1H3,(H,28,34). The van der Waals surface area contributed by atoms with Crippen LogP contribution in [0.2, 0.25) is 5.02 Å². The number of amides is 4. The SMILES string of the molecule is Cc1ccc(NC(=O)N2CCN(C(=O)C3CCCN(C(=O)Cc4ccccc4)C3)CC2)cc1Cl. The van der Waals surface area contributed by atoms with E-state index in [1.807, 2.05) is 59.2 Å². The minimum Gasteiger partial charge on any atom is -0.342 e. The maximum atomic E-state index is 13.2. The molecule has 1 atom stereocenters. The number of halogens is 1. The third kappa shape index (κ3) is 5.89. The van der Waals surface area contributed by atoms with Gasteiger partial charge in [0.25, 0.3) is 0 Å². The number of carbonyl (C=O) groups is 3. The first kappa shape index (κ1) is 24.1. The number of carbonyl (C=O) groups excluding carboxylic acids is 3. The number of rotatable bonds is 4. The normalized spacial score (nSPS) is 18.5. The number of aryl methyl sites for hydroxylation is 1. The zero-order valence-corrected chi connectivity index (χ0v) is 20.3. The lowest BCUT2D eigenvalue weighted by Crippen LogP contribution is -2.54. The Morgan fingerprint density at radius 1 is 0.941 bits per heavy atom. The second kappa shape index (κ2) is 10.9. The molecule has 0 aliphatic carbocycles. The van der Waals surface area contributed by atoms with E-state index in [-0.39, 0.29) is 23.8 Å². The van der Waals surface area contributed by atoms with Crippen LogP contribution in [0.3, 0.4) is 0 Å². The van der Waals surface area contributed by atoms with Crippen molar-refractivity contribution in [2.45, 2.75) is 26.2 Å². The average Bonchev–Trinajstić information content (AvgIpc) is 2.86. The first-order chi connectivity index (χ1) is 16.4. The van der Waals surface area contributed by atoms with Gasteiger partial charge >= 0.3 is 6.03 Å². The first-order valence-corrected chi connectivity index (χ1v) is 12.2. The highest BCUT2D eigenvalue weighted by atomic mass is 35.5. The summed E-state index contributed by atoms with van der Waals surface area (Å²) in [6.07, 6.45) is 1.99. The quantitative estimate of drug-likeness (QED) is 0.720. The van der Waals surface area contributed by atoms with Crippen molar-refractivity contribution in [3.8, 4) is 0 Å². The van der Waals surface area contributed by atoms with Gasteiger partial charge in [0.05, 0.1) is 12.3 Å². The van der Waals surface area contributed by atoms with Gasteiger partial charge in [-0.1, -0.05) is 48.0 Å². The van der Waals surface area contributed by atoms with Gasteiger partial charge in [0.2, 0.25) is 11.8 Å². The zero-order chi connectivity index (χ0) is 24.1. The number of piperazine rings is 1. The van der Waals surface area contributed by atoms with E-state index < -0.39 is 0 Å². The zero-order valence-electron chi connectivity index (χ0n) is 19.5. The van der Waals surface area contributed by atoms with Crippen molar-refractivity contribution in [1.29, 1.82) is 0 Å². The summed E-state index contributed by atoms with van der Waals surface area (Å²) in [7, 11) is 0. The molecule has 2 aromatic rings. The third-order valence-electron chi connectivity index (χ3n) is 6.62. The Labute approximate surface area is 205 Å². The molecule has 0 aromatic heterocycles. The van der Waals surface area contributed by atoms with E-state index in [9.17, 15) is 14.4 Å². The van der Waals surface area contributed by atoms with Crippen LogP contribution in [0.25, 0.3) is 0 Å². The fourth-order valence-corrected chi connectivity index (χ4v) is 4.73. The number of piperidine rings is 1. The van der Waals surface area contributed by atoms with E-state index in [2.05, 4.69) is 5.32 Å². The van der Waals surface area contributed by atoms with Crippen molar-refractivity contribution in [2.24, 2.45) is 5.92 Å². The highest BCUT2D eigenvalue weighted by Crippen LogP contribution is 2.22. The maximum Gasteiger partial charge on any atom is 0.321 e. The second-order valence-corrected chi connectivity index (χ2v) is 9.45. The van der Waals surface area contributed by atoms with Gasteiger partial charge in [-0.05, 0) is 43.0 Å². The highest BCUT2D eigenvalue weighted by molar-refractivity contribution is 6.31. The molecule has 2 heterocycles. The predicted molar refractivity (Wildman–Crippen MR) is 133 cm³/mol. The van der Waals surface area contributed by atoms with Crippen LogP contribution in [0, 0.1) is 12.8 Å². The molecule has 1 N–H and O–H groups in total. The van der Waals surface area contributed by atoms with Crippen LogP contribution in [0.15, 0.2) is 48.5 Å². The Kier molecular flexibility index (Phi) is 7.73. The number of anilines is 1. The summed E-state index contributed by atoms with van der Waals surface area (Å²) in [5.74, 6) is -0.0208. The number of hydrogen-bond acceptors (Lipinski definition) is 3. The van der Waals surface area contributed by atoms with Crippen LogP contribution in [-0.2, 0) is 16.0 Å². The largest absolute Gasteiger partial charge is 0.342 e. The van der Waals surface area contributed by atoms with Gasteiger partial charge in [-0.15, -0.1) is 0 Å². The van der Waals surface area contributed by atoms with Gasteiger partial charge in [0.15, 0.2) is 0 Å². The van der Waals surface area contributed by atoms with Crippen molar-refractivity contribution in [2.75, 3.05) is 44.6 Å². The minimum atomic E-state index is -0.192. The number of nitrogens with zero attached hydrogens (tertiary/aromatic N) is 3. The van der Waals surface area contributed by atoms with Crippen LogP contribution in [0.1, 0.15) is 24.0 Å². The monoisotopic (exact) mass is 482 g/mol. The van der Waals surface area contributed by atoms with Gasteiger partial charge in [-0.2, -0.15) is 0 Å². The Morgan fingerprint density at radius 3 is 2.35 bits per heavy atom. The lowest BCUT2D eigenvalue weighted by Gasteiger charge is -2.39. The van der Waals surface area contributed by atoms with Crippen LogP contribution in [0.5, 0.6) is 0 Å². The molecular formula is C26H31ClN4O3. The summed E-state index contributed by atoms with van der Waals surface area (Å²) in [5, 5.41) is 3.49. The summed E-state index contributed by atoms with van der Waals surface area (Å²) in [6, 6.07) is 14.9. The maximum absolute atomic E-state index is 13.2. The number of nitrogens with one attached hydrogen (secondary N) is 1. The molecule has 0 spiro atoms. The van der Waals surface area contributed by atoms with Crippen LogP contribution in [0.4, 0.5) is 10.5 Å². The van der Waals surface area contributed by atoms with Gasteiger partial charge in [0, 0.05) is 50.0 Å². The van der Waals surface area contributed by atoms with Crippen LogP contribution in [-0.4, -0.2) is 71.8 Å². The topological polar surface area (TPSA) is 73.0 Å². The van der Waals surface area contributed by atoms with Crippen LogP contribution < -0.4 is 5.32 Å². The first-order valence-electron chi connectivity index (χ1n) is 11.8. The van der Waals surface area contributed by atoms with Crippen molar-refractivity contribution in [3.05, 3.63) is 64.7 Å². The van der Waals surface area contributed by atoms with E-state index in [4.69, 9.17) is 11.6 Å². The lowest BCUT2D eigenvalue weighted by atomic mass is 9.95. The third-order valence-corrected chi connectivity index (χ3v) is 7.03. The fourth-order valence-electron chi connectivity index (χ4n) is 4.55. The molecule has 2 aliphatic heterocycles. The molecular weight excluding hydrogens is 452 g/mol. The van der Waals surface area contributed by atoms with Crippen LogP contribution >= 0.6 is 11.6 Å². The van der Waals surface area contributed by atoms with Gasteiger partial charge in [0.1, 0.15) is 0 Å². The van der Waals surface area contributed by atoms with Crippen molar-refractivity contribution < 1.29 is 14.4 Å². The van der Waals surface area contributed by atoms with E-state index >= 15 is 0 Å². The highest BCUT2D eigenvalue weighted by Gasteiger charge is 2.33. The van der Waals surface area contributed by atoms with E-state index in [0.29, 0.717) is 56.4 Å². The molecule has 2 aromatic carbocycles. The Morgan fingerprint density at radius 2 is 1.65 bits per heavy atom. The summed E-state index contributed by atoms with van der Waals surface area (Å²) < 4.78 is 0. The molecule has 1 unspecified atom stereocenters. The molecule has 4 rings (SSSR count). The molecule has 180 valence electrons. The second-order valence-electron chi connectivity index (χ2n) is 9.05. The fraction of sp³-hybridized carbons (Fsp3) is 0.423. The molecule has 0 bridgehead atoms. The number of likely N-dealkylation sites (tertiary alicyclic amines) is 1. The number of urea groups is 1. The summed E-state index contributed by atoms with van der Waals surface area (Å²) in [6.45, 7) is 5.02. The molecule has 2 aliphatic rings. The van der Waals surface area contributed by atoms with Crippen molar-refractivity contribution in [1.82, 2.24) is 14.7 Å². The molecule has 7 nitrogen and oxygen atoms in total. The van der Waals surface area contributed by atoms with E-state index in [0.717, 1.165) is 24.0 Å². The summed E-state index contributed by atoms with van der Waals surface area (Å²) in [4.78, 5) is 43.9. The molecule has 0 radical (unpaired) electrons. The smallest absolute Gasteiger partial charge is 0.321 e. The van der Waals surface area contributed by atoms with Crippen molar-refractivity contribution in [3.63, 3.8) is 0 Å². The average molecular weight is 483 g/mol. The summed E-state index contributed by atoms with van der Waals surface area (Å²) in [5.41, 5.74) is 2.60. The number of hydrogen-bond donors (Lipinski definition) is 1. The summed E-state index contributed by atoms with van der Waals surface area (Å²) >= 11 is 6.15. The molecule has 34 heavy (non-hydrogen) atoms. The van der Waals surface area contributed by atoms with Gasteiger partial charge < -0.3 is 20.0 Å². The molecule has 4 amide bonds. The minimum absolute atomic E-state index is 0.0707. The van der Waals surface area contributed by atoms with Gasteiger partial charge in [-0.3, -0.25) is 9.59 Å². The molecule has 8 heteroatoms. The van der Waals surface area contributed by atoms with E-state index in [1.54, 1.807) is 11.0 Å². The molecule has 0 saturated carbocycles. The molecule has 2 fully saturated rings. The Hall–Kier alpha value is -3.06. The lowest BCUT2D eigenvalue weighted by molar-refractivity contribution is -0.141. The predicted octanol–water partition coefficient (Wildman–Crippen LogP) is 3.81. The Bertz CT molecular complexity index is 1040. The van der Waals surface area contributed by atoms with E-state index in [1.165, 1.54) is 0 Å². The number of benzene rings is 2.